The van der Waals surface area contributed by atoms with Crippen molar-refractivity contribution in [2.45, 2.75) is 31.3 Å². The topological polar surface area (TPSA) is 33.7 Å². The van der Waals surface area contributed by atoms with E-state index in [2.05, 4.69) is 24.3 Å². The smallest absolute Gasteiger partial charge is 0.0636 e. The molecule has 2 saturated heterocycles. The first-order valence-electron chi connectivity index (χ1n) is 6.84. The van der Waals surface area contributed by atoms with Crippen LogP contribution in [0.1, 0.15) is 19.3 Å². The lowest BCUT2D eigenvalue weighted by Crippen LogP contribution is -2.54. The van der Waals surface area contributed by atoms with Crippen LogP contribution in [0, 0.1) is 5.92 Å². The minimum Gasteiger partial charge on any atom is -0.381 e. The highest BCUT2D eigenvalue weighted by atomic mass is 16.5. The molecule has 2 aliphatic rings. The average Bonchev–Trinajstić information content (AvgIpc) is 2.40. The molecule has 4 heteroatoms. The van der Waals surface area contributed by atoms with Gasteiger partial charge in [-0.25, -0.2) is 0 Å². The summed E-state index contributed by atoms with van der Waals surface area (Å²) in [6.45, 7) is 4.76. The number of hydrogen-bond acceptors (Lipinski definition) is 4. The van der Waals surface area contributed by atoms with Crippen LogP contribution in [0.2, 0.25) is 0 Å². The molecule has 100 valence electrons. The van der Waals surface area contributed by atoms with Crippen LogP contribution in [0.4, 0.5) is 0 Å². The van der Waals surface area contributed by atoms with Gasteiger partial charge < -0.3 is 14.8 Å². The van der Waals surface area contributed by atoms with Crippen LogP contribution in [-0.2, 0) is 9.47 Å². The molecular weight excluding hydrogens is 216 g/mol. The summed E-state index contributed by atoms with van der Waals surface area (Å²) in [6, 6.07) is 1.08. The van der Waals surface area contributed by atoms with E-state index in [1.54, 1.807) is 0 Å². The Labute approximate surface area is 105 Å². The fourth-order valence-corrected chi connectivity index (χ4v) is 2.99. The summed E-state index contributed by atoms with van der Waals surface area (Å²) in [4.78, 5) is 2.46. The molecule has 0 aliphatic carbocycles. The van der Waals surface area contributed by atoms with E-state index in [1.165, 1.54) is 12.8 Å². The van der Waals surface area contributed by atoms with Crippen molar-refractivity contribution in [3.8, 4) is 0 Å². The van der Waals surface area contributed by atoms with Gasteiger partial charge >= 0.3 is 0 Å². The van der Waals surface area contributed by atoms with Crippen molar-refractivity contribution >= 4 is 0 Å². The van der Waals surface area contributed by atoms with Gasteiger partial charge in [-0.05, 0) is 39.3 Å². The molecular formula is C13H26N2O2. The lowest BCUT2D eigenvalue weighted by molar-refractivity contribution is -0.0125. The first-order chi connectivity index (χ1) is 8.31. The standard InChI is InChI=1S/C13H26N2O2/c1-14-12-5-7-17-10-13(12)15(2)8-11-4-3-6-16-9-11/h11-14H,3-10H2,1-2H3. The summed E-state index contributed by atoms with van der Waals surface area (Å²) in [5.74, 6) is 0.702. The summed E-state index contributed by atoms with van der Waals surface area (Å²) in [5.41, 5.74) is 0. The molecule has 0 aromatic rings. The maximum atomic E-state index is 5.61. The third-order valence-corrected chi connectivity index (χ3v) is 4.06. The Kier molecular flexibility index (Phi) is 5.22. The second-order valence-corrected chi connectivity index (χ2v) is 5.35. The number of likely N-dealkylation sites (N-methyl/N-ethyl adjacent to an activating group) is 2. The van der Waals surface area contributed by atoms with Gasteiger partial charge in [-0.1, -0.05) is 0 Å². The van der Waals surface area contributed by atoms with Gasteiger partial charge in [0.2, 0.25) is 0 Å². The summed E-state index contributed by atoms with van der Waals surface area (Å²) >= 11 is 0. The van der Waals surface area contributed by atoms with Crippen molar-refractivity contribution in [1.29, 1.82) is 0 Å². The highest BCUT2D eigenvalue weighted by Gasteiger charge is 2.29. The summed E-state index contributed by atoms with van der Waals surface area (Å²) < 4.78 is 11.2. The molecule has 4 nitrogen and oxygen atoms in total. The molecule has 0 amide bonds. The van der Waals surface area contributed by atoms with Gasteiger partial charge in [0.25, 0.3) is 0 Å². The molecule has 2 rings (SSSR count). The van der Waals surface area contributed by atoms with E-state index in [-0.39, 0.29) is 0 Å². The third kappa shape index (κ3) is 3.65. The SMILES string of the molecule is CNC1CCOCC1N(C)CC1CCCOC1. The molecule has 2 heterocycles. The minimum atomic E-state index is 0.510. The van der Waals surface area contributed by atoms with Crippen molar-refractivity contribution < 1.29 is 9.47 Å². The van der Waals surface area contributed by atoms with E-state index in [0.717, 1.165) is 39.4 Å². The van der Waals surface area contributed by atoms with Gasteiger partial charge in [0.15, 0.2) is 0 Å². The van der Waals surface area contributed by atoms with E-state index in [9.17, 15) is 0 Å². The molecule has 3 unspecified atom stereocenters. The van der Waals surface area contributed by atoms with E-state index in [0.29, 0.717) is 18.0 Å². The molecule has 0 radical (unpaired) electrons. The zero-order valence-corrected chi connectivity index (χ0v) is 11.2. The van der Waals surface area contributed by atoms with Crippen LogP contribution in [0.15, 0.2) is 0 Å². The quantitative estimate of drug-likeness (QED) is 0.788. The predicted molar refractivity (Wildman–Crippen MR) is 68.2 cm³/mol. The fraction of sp³-hybridized carbons (Fsp3) is 1.00. The second kappa shape index (κ2) is 6.69. The Hall–Kier alpha value is -0.160. The Morgan fingerprint density at radius 2 is 2.00 bits per heavy atom. The van der Waals surface area contributed by atoms with Gasteiger partial charge in [-0.2, -0.15) is 0 Å². The van der Waals surface area contributed by atoms with Gasteiger partial charge in [-0.3, -0.25) is 4.90 Å². The summed E-state index contributed by atoms with van der Waals surface area (Å²) in [7, 11) is 4.28. The van der Waals surface area contributed by atoms with Crippen LogP contribution in [0.5, 0.6) is 0 Å². The van der Waals surface area contributed by atoms with Gasteiger partial charge in [-0.15, -0.1) is 0 Å². The maximum absolute atomic E-state index is 5.61. The zero-order valence-electron chi connectivity index (χ0n) is 11.2. The summed E-state index contributed by atoms with van der Waals surface area (Å²) in [6.07, 6.45) is 3.64. The predicted octanol–water partition coefficient (Wildman–Crippen LogP) is 0.722. The van der Waals surface area contributed by atoms with Crippen molar-refractivity contribution in [2.24, 2.45) is 5.92 Å². The molecule has 2 fully saturated rings. The molecule has 0 bridgehead atoms. The highest BCUT2D eigenvalue weighted by Crippen LogP contribution is 2.18. The Morgan fingerprint density at radius 1 is 1.18 bits per heavy atom. The van der Waals surface area contributed by atoms with E-state index >= 15 is 0 Å². The Morgan fingerprint density at radius 3 is 2.71 bits per heavy atom. The molecule has 3 atom stereocenters. The van der Waals surface area contributed by atoms with E-state index in [1.807, 2.05) is 0 Å². The van der Waals surface area contributed by atoms with Crippen LogP contribution >= 0.6 is 0 Å². The zero-order chi connectivity index (χ0) is 12.1. The minimum absolute atomic E-state index is 0.510. The van der Waals surface area contributed by atoms with Crippen molar-refractivity contribution in [2.75, 3.05) is 47.1 Å². The van der Waals surface area contributed by atoms with Crippen molar-refractivity contribution in [3.05, 3.63) is 0 Å². The number of nitrogens with one attached hydrogen (secondary N) is 1. The second-order valence-electron chi connectivity index (χ2n) is 5.35. The maximum Gasteiger partial charge on any atom is 0.0636 e. The molecule has 0 aromatic carbocycles. The lowest BCUT2D eigenvalue weighted by atomic mass is 9.98. The fourth-order valence-electron chi connectivity index (χ4n) is 2.99. The van der Waals surface area contributed by atoms with Gasteiger partial charge in [0.05, 0.1) is 13.2 Å². The third-order valence-electron chi connectivity index (χ3n) is 4.06. The van der Waals surface area contributed by atoms with E-state index in [4.69, 9.17) is 9.47 Å². The molecule has 1 N–H and O–H groups in total. The van der Waals surface area contributed by atoms with Crippen molar-refractivity contribution in [1.82, 2.24) is 10.2 Å². The number of hydrogen-bond donors (Lipinski definition) is 1. The Balaban J connectivity index is 1.82. The van der Waals surface area contributed by atoms with Crippen LogP contribution < -0.4 is 5.32 Å². The molecule has 2 aliphatic heterocycles. The van der Waals surface area contributed by atoms with Crippen LogP contribution in [0.3, 0.4) is 0 Å². The van der Waals surface area contributed by atoms with Gasteiger partial charge in [0.1, 0.15) is 0 Å². The molecule has 0 saturated carbocycles. The monoisotopic (exact) mass is 242 g/mol. The lowest BCUT2D eigenvalue weighted by Gasteiger charge is -2.39. The first kappa shape index (κ1) is 13.3. The number of ether oxygens (including phenoxy) is 2. The van der Waals surface area contributed by atoms with Crippen LogP contribution in [-0.4, -0.2) is 64.1 Å². The van der Waals surface area contributed by atoms with Gasteiger partial charge in [0, 0.05) is 31.8 Å². The average molecular weight is 242 g/mol. The molecule has 0 spiro atoms. The normalized spacial score (nSPS) is 35.1. The Bertz CT molecular complexity index is 219. The van der Waals surface area contributed by atoms with Crippen LogP contribution in [0.25, 0.3) is 0 Å². The largest absolute Gasteiger partial charge is 0.381 e. The first-order valence-corrected chi connectivity index (χ1v) is 6.84. The number of nitrogens with zero attached hydrogens (tertiary/aromatic N) is 1. The molecule has 0 aromatic heterocycles. The van der Waals surface area contributed by atoms with Crippen molar-refractivity contribution in [3.63, 3.8) is 0 Å². The molecule has 17 heavy (non-hydrogen) atoms. The van der Waals surface area contributed by atoms with E-state index < -0.39 is 0 Å². The number of rotatable bonds is 4. The highest BCUT2D eigenvalue weighted by molar-refractivity contribution is 4.86. The summed E-state index contributed by atoms with van der Waals surface area (Å²) in [5, 5.41) is 3.42.